The number of methoxy groups -OCH3 is 2. The van der Waals surface area contributed by atoms with E-state index in [4.69, 9.17) is 9.47 Å². The zero-order valence-electron chi connectivity index (χ0n) is 13.4. The van der Waals surface area contributed by atoms with Crippen molar-refractivity contribution in [3.8, 4) is 11.5 Å². The highest BCUT2D eigenvalue weighted by molar-refractivity contribution is 5.43. The Balaban J connectivity index is 2.74. The number of hydrogen-bond donors (Lipinski definition) is 1. The summed E-state index contributed by atoms with van der Waals surface area (Å²) in [6.45, 7) is 5.38. The first-order valence-corrected chi connectivity index (χ1v) is 7.72. The molecule has 0 saturated heterocycles. The van der Waals surface area contributed by atoms with Crippen LogP contribution in [-0.2, 0) is 0 Å². The fraction of sp³-hybridized carbons (Fsp3) is 0.647. The highest BCUT2D eigenvalue weighted by Gasteiger charge is 2.13. The lowest BCUT2D eigenvalue weighted by molar-refractivity contribution is 0.353. The van der Waals surface area contributed by atoms with Crippen LogP contribution in [0.1, 0.15) is 57.6 Å². The molecular formula is C17H29NO2. The van der Waals surface area contributed by atoms with Gasteiger partial charge in [-0.05, 0) is 30.7 Å². The van der Waals surface area contributed by atoms with Crippen molar-refractivity contribution in [2.24, 2.45) is 0 Å². The van der Waals surface area contributed by atoms with Gasteiger partial charge in [-0.2, -0.15) is 0 Å². The van der Waals surface area contributed by atoms with E-state index in [2.05, 4.69) is 31.3 Å². The van der Waals surface area contributed by atoms with Crippen LogP contribution in [0, 0.1) is 0 Å². The summed E-state index contributed by atoms with van der Waals surface area (Å²) in [4.78, 5) is 0. The van der Waals surface area contributed by atoms with Crippen molar-refractivity contribution in [3.63, 3.8) is 0 Å². The van der Waals surface area contributed by atoms with Gasteiger partial charge in [0.25, 0.3) is 0 Å². The number of ether oxygens (including phenoxy) is 2. The summed E-state index contributed by atoms with van der Waals surface area (Å²) < 4.78 is 10.7. The monoisotopic (exact) mass is 279 g/mol. The first-order chi connectivity index (χ1) is 9.76. The Bertz CT molecular complexity index is 379. The third-order valence-corrected chi connectivity index (χ3v) is 3.61. The lowest BCUT2D eigenvalue weighted by Crippen LogP contribution is -2.20. The zero-order chi connectivity index (χ0) is 14.8. The predicted octanol–water partition coefficient (Wildman–Crippen LogP) is 4.32. The van der Waals surface area contributed by atoms with Crippen molar-refractivity contribution in [1.82, 2.24) is 5.32 Å². The molecule has 0 aliphatic carbocycles. The number of nitrogens with one attached hydrogen (secondary N) is 1. The van der Waals surface area contributed by atoms with Crippen LogP contribution in [0.5, 0.6) is 11.5 Å². The van der Waals surface area contributed by atoms with Crippen LogP contribution < -0.4 is 14.8 Å². The second-order valence-electron chi connectivity index (χ2n) is 5.07. The molecule has 0 aromatic heterocycles. The lowest BCUT2D eigenvalue weighted by Gasteiger charge is -2.20. The van der Waals surface area contributed by atoms with Crippen LogP contribution in [0.25, 0.3) is 0 Å². The van der Waals surface area contributed by atoms with E-state index in [-0.39, 0.29) is 0 Å². The quantitative estimate of drug-likeness (QED) is 0.647. The molecule has 1 atom stereocenters. The standard InChI is InChI=1S/C17H29NO2/c1-5-7-8-9-10-15(18-6-2)14-11-12-16(19-3)17(13-14)20-4/h11-13,15,18H,5-10H2,1-4H3. The molecule has 1 aromatic rings. The van der Waals surface area contributed by atoms with Gasteiger partial charge in [-0.1, -0.05) is 45.6 Å². The van der Waals surface area contributed by atoms with Crippen LogP contribution in [0.3, 0.4) is 0 Å². The van der Waals surface area contributed by atoms with Gasteiger partial charge in [0.05, 0.1) is 14.2 Å². The topological polar surface area (TPSA) is 30.5 Å². The minimum Gasteiger partial charge on any atom is -0.493 e. The van der Waals surface area contributed by atoms with Crippen molar-refractivity contribution >= 4 is 0 Å². The molecule has 0 heterocycles. The molecule has 114 valence electrons. The lowest BCUT2D eigenvalue weighted by atomic mass is 9.99. The summed E-state index contributed by atoms with van der Waals surface area (Å²) in [7, 11) is 3.36. The fourth-order valence-electron chi connectivity index (χ4n) is 2.48. The smallest absolute Gasteiger partial charge is 0.161 e. The molecule has 0 saturated carbocycles. The van der Waals surface area contributed by atoms with Gasteiger partial charge >= 0.3 is 0 Å². The van der Waals surface area contributed by atoms with E-state index >= 15 is 0 Å². The molecule has 20 heavy (non-hydrogen) atoms. The highest BCUT2D eigenvalue weighted by Crippen LogP contribution is 2.31. The Kier molecular flexibility index (Phi) is 8.12. The maximum absolute atomic E-state index is 5.40. The molecule has 0 spiro atoms. The number of rotatable bonds is 10. The second kappa shape index (κ2) is 9.65. The van der Waals surface area contributed by atoms with Gasteiger partial charge in [0.2, 0.25) is 0 Å². The zero-order valence-corrected chi connectivity index (χ0v) is 13.4. The largest absolute Gasteiger partial charge is 0.493 e. The summed E-state index contributed by atoms with van der Waals surface area (Å²) in [6, 6.07) is 6.61. The van der Waals surface area contributed by atoms with Crippen molar-refractivity contribution in [3.05, 3.63) is 23.8 Å². The van der Waals surface area contributed by atoms with Crippen molar-refractivity contribution in [2.45, 2.75) is 52.0 Å². The molecule has 0 amide bonds. The SMILES string of the molecule is CCCCCCC(NCC)c1ccc(OC)c(OC)c1. The minimum atomic E-state index is 0.400. The minimum absolute atomic E-state index is 0.400. The molecule has 1 rings (SSSR count). The molecule has 3 nitrogen and oxygen atoms in total. The van der Waals surface area contributed by atoms with Crippen molar-refractivity contribution in [1.29, 1.82) is 0 Å². The van der Waals surface area contributed by atoms with Crippen LogP contribution in [0.15, 0.2) is 18.2 Å². The normalized spacial score (nSPS) is 12.2. The number of hydrogen-bond acceptors (Lipinski definition) is 3. The van der Waals surface area contributed by atoms with Crippen LogP contribution >= 0.6 is 0 Å². The van der Waals surface area contributed by atoms with E-state index in [1.54, 1.807) is 14.2 Å². The summed E-state index contributed by atoms with van der Waals surface area (Å²) in [5.41, 5.74) is 1.28. The van der Waals surface area contributed by atoms with Gasteiger partial charge < -0.3 is 14.8 Å². The molecular weight excluding hydrogens is 250 g/mol. The van der Waals surface area contributed by atoms with E-state index in [9.17, 15) is 0 Å². The summed E-state index contributed by atoms with van der Waals surface area (Å²) in [6.07, 6.45) is 6.35. The summed E-state index contributed by atoms with van der Waals surface area (Å²) in [5.74, 6) is 1.60. The van der Waals surface area contributed by atoms with E-state index in [1.165, 1.54) is 37.7 Å². The highest BCUT2D eigenvalue weighted by atomic mass is 16.5. The maximum atomic E-state index is 5.40. The molecule has 1 unspecified atom stereocenters. The number of unbranched alkanes of at least 4 members (excludes halogenated alkanes) is 3. The van der Waals surface area contributed by atoms with E-state index in [1.807, 2.05) is 6.07 Å². The average molecular weight is 279 g/mol. The molecule has 3 heteroatoms. The Morgan fingerprint density at radius 2 is 1.75 bits per heavy atom. The first kappa shape index (κ1) is 16.8. The third kappa shape index (κ3) is 5.04. The second-order valence-corrected chi connectivity index (χ2v) is 5.07. The number of benzene rings is 1. The van der Waals surface area contributed by atoms with Crippen molar-refractivity contribution < 1.29 is 9.47 Å². The van der Waals surface area contributed by atoms with Crippen molar-refractivity contribution in [2.75, 3.05) is 20.8 Å². The maximum Gasteiger partial charge on any atom is 0.161 e. The Morgan fingerprint density at radius 1 is 1.00 bits per heavy atom. The van der Waals surface area contributed by atoms with E-state index < -0.39 is 0 Å². The van der Waals surface area contributed by atoms with Gasteiger partial charge in [0.15, 0.2) is 11.5 Å². The Hall–Kier alpha value is -1.22. The third-order valence-electron chi connectivity index (χ3n) is 3.61. The molecule has 1 N–H and O–H groups in total. The molecule has 1 aromatic carbocycles. The van der Waals surface area contributed by atoms with Gasteiger partial charge in [0, 0.05) is 6.04 Å². The summed E-state index contributed by atoms with van der Waals surface area (Å²) in [5, 5.41) is 3.57. The fourth-order valence-corrected chi connectivity index (χ4v) is 2.48. The van der Waals surface area contributed by atoms with Gasteiger partial charge in [-0.25, -0.2) is 0 Å². The molecule has 0 fully saturated rings. The molecule has 0 aliphatic rings. The van der Waals surface area contributed by atoms with E-state index in [0.717, 1.165) is 18.0 Å². The molecule has 0 radical (unpaired) electrons. The van der Waals surface area contributed by atoms with Crippen LogP contribution in [-0.4, -0.2) is 20.8 Å². The Labute approximate surface area is 123 Å². The Morgan fingerprint density at radius 3 is 2.35 bits per heavy atom. The first-order valence-electron chi connectivity index (χ1n) is 7.72. The van der Waals surface area contributed by atoms with Crippen LogP contribution in [0.4, 0.5) is 0 Å². The molecule has 0 aliphatic heterocycles. The summed E-state index contributed by atoms with van der Waals surface area (Å²) >= 11 is 0. The predicted molar refractivity (Wildman–Crippen MR) is 84.7 cm³/mol. The molecule has 0 bridgehead atoms. The van der Waals surface area contributed by atoms with Gasteiger partial charge in [0.1, 0.15) is 0 Å². The van der Waals surface area contributed by atoms with Crippen LogP contribution in [0.2, 0.25) is 0 Å². The van der Waals surface area contributed by atoms with Gasteiger partial charge in [-0.3, -0.25) is 0 Å². The average Bonchev–Trinajstić information content (AvgIpc) is 2.49. The van der Waals surface area contributed by atoms with E-state index in [0.29, 0.717) is 6.04 Å². The van der Waals surface area contributed by atoms with Gasteiger partial charge in [-0.15, -0.1) is 0 Å².